The Kier molecular flexibility index (Phi) is 3.62. The minimum Gasteiger partial charge on any atom is -0.507 e. The summed E-state index contributed by atoms with van der Waals surface area (Å²) >= 11 is 0. The maximum absolute atomic E-state index is 9.74. The van der Waals surface area contributed by atoms with Crippen LogP contribution in [0.4, 0.5) is 5.69 Å². The van der Waals surface area contributed by atoms with Crippen molar-refractivity contribution in [1.29, 1.82) is 0 Å². The van der Waals surface area contributed by atoms with Crippen molar-refractivity contribution in [3.63, 3.8) is 0 Å². The fraction of sp³-hybridized carbons (Fsp3) is 0.250. The summed E-state index contributed by atoms with van der Waals surface area (Å²) in [5.74, 6) is 0.714. The Bertz CT molecular complexity index is 482. The third-order valence-corrected chi connectivity index (χ3v) is 2.42. The number of hydrogen-bond donors (Lipinski definition) is 3. The second kappa shape index (κ2) is 5.36. The molecule has 90 valence electrons. The number of phenols is 1. The molecule has 1 aromatic heterocycles. The molecule has 1 heterocycles. The molecule has 0 amide bonds. The number of aromatic nitrogens is 1. The third kappa shape index (κ3) is 2.57. The molecule has 2 aromatic rings. The quantitative estimate of drug-likeness (QED) is 0.686. The van der Waals surface area contributed by atoms with Crippen molar-refractivity contribution in [2.24, 2.45) is 5.73 Å². The maximum atomic E-state index is 9.74. The SMILES string of the molecule is NCCCNc1cnoc1-c1ccccc1O. The Hall–Kier alpha value is -2.01. The Morgan fingerprint density at radius 3 is 2.94 bits per heavy atom. The zero-order chi connectivity index (χ0) is 12.1. The molecule has 1 aromatic carbocycles. The van der Waals surface area contributed by atoms with Gasteiger partial charge in [-0.1, -0.05) is 17.3 Å². The van der Waals surface area contributed by atoms with E-state index in [9.17, 15) is 5.11 Å². The summed E-state index contributed by atoms with van der Waals surface area (Å²) in [5.41, 5.74) is 6.81. The molecule has 5 nitrogen and oxygen atoms in total. The van der Waals surface area contributed by atoms with Gasteiger partial charge < -0.3 is 20.7 Å². The Labute approximate surface area is 99.2 Å². The molecule has 0 radical (unpaired) electrons. The monoisotopic (exact) mass is 233 g/mol. The molecule has 0 spiro atoms. The summed E-state index contributed by atoms with van der Waals surface area (Å²) in [4.78, 5) is 0. The minimum absolute atomic E-state index is 0.172. The van der Waals surface area contributed by atoms with E-state index in [1.165, 1.54) is 0 Å². The van der Waals surface area contributed by atoms with Crippen molar-refractivity contribution in [2.75, 3.05) is 18.4 Å². The summed E-state index contributed by atoms with van der Waals surface area (Å²) in [5, 5.41) is 16.7. The number of rotatable bonds is 5. The zero-order valence-electron chi connectivity index (χ0n) is 9.39. The number of phenolic OH excluding ortho intramolecular Hbond substituents is 1. The van der Waals surface area contributed by atoms with Gasteiger partial charge in [-0.25, -0.2) is 0 Å². The van der Waals surface area contributed by atoms with E-state index in [2.05, 4.69) is 10.5 Å². The number of nitrogens with one attached hydrogen (secondary N) is 1. The molecule has 0 unspecified atom stereocenters. The van der Waals surface area contributed by atoms with Crippen LogP contribution in [0.5, 0.6) is 5.75 Å². The predicted octanol–water partition coefficient (Wildman–Crippen LogP) is 1.81. The van der Waals surface area contributed by atoms with Gasteiger partial charge in [-0.2, -0.15) is 0 Å². The molecule has 0 bridgehead atoms. The number of aromatic hydroxyl groups is 1. The molecule has 0 atom stereocenters. The van der Waals surface area contributed by atoms with Gasteiger partial charge >= 0.3 is 0 Å². The van der Waals surface area contributed by atoms with E-state index in [1.807, 2.05) is 6.07 Å². The Morgan fingerprint density at radius 1 is 1.35 bits per heavy atom. The van der Waals surface area contributed by atoms with Gasteiger partial charge in [0.05, 0.1) is 11.8 Å². The molecule has 0 aliphatic carbocycles. The molecular formula is C12H15N3O2. The van der Waals surface area contributed by atoms with Crippen LogP contribution in [0.15, 0.2) is 35.0 Å². The molecule has 0 fully saturated rings. The molecule has 0 saturated carbocycles. The number of benzene rings is 1. The summed E-state index contributed by atoms with van der Waals surface area (Å²) in [6, 6.07) is 6.99. The van der Waals surface area contributed by atoms with Gasteiger partial charge in [0.25, 0.3) is 0 Å². The highest BCUT2D eigenvalue weighted by Gasteiger charge is 2.13. The van der Waals surface area contributed by atoms with Crippen molar-refractivity contribution in [1.82, 2.24) is 5.16 Å². The van der Waals surface area contributed by atoms with Gasteiger partial charge in [0, 0.05) is 6.54 Å². The first-order chi connectivity index (χ1) is 8.33. The van der Waals surface area contributed by atoms with Crippen LogP contribution in [0, 0.1) is 0 Å². The molecule has 0 saturated heterocycles. The van der Waals surface area contributed by atoms with E-state index >= 15 is 0 Å². The summed E-state index contributed by atoms with van der Waals surface area (Å²) in [6.45, 7) is 1.38. The number of hydrogen-bond acceptors (Lipinski definition) is 5. The van der Waals surface area contributed by atoms with Crippen LogP contribution in [-0.4, -0.2) is 23.4 Å². The first kappa shape index (κ1) is 11.5. The summed E-state index contributed by atoms with van der Waals surface area (Å²) in [6.07, 6.45) is 2.46. The fourth-order valence-corrected chi connectivity index (χ4v) is 1.55. The van der Waals surface area contributed by atoms with Crippen LogP contribution in [0.25, 0.3) is 11.3 Å². The van der Waals surface area contributed by atoms with Crippen molar-refractivity contribution in [3.8, 4) is 17.1 Å². The molecule has 4 N–H and O–H groups in total. The van der Waals surface area contributed by atoms with E-state index in [1.54, 1.807) is 24.4 Å². The Morgan fingerprint density at radius 2 is 2.18 bits per heavy atom. The average molecular weight is 233 g/mol. The second-order valence-electron chi connectivity index (χ2n) is 3.65. The molecule has 17 heavy (non-hydrogen) atoms. The average Bonchev–Trinajstić information content (AvgIpc) is 2.78. The third-order valence-electron chi connectivity index (χ3n) is 2.42. The highest BCUT2D eigenvalue weighted by atomic mass is 16.5. The zero-order valence-corrected chi connectivity index (χ0v) is 9.39. The van der Waals surface area contributed by atoms with Crippen molar-refractivity contribution in [3.05, 3.63) is 30.5 Å². The lowest BCUT2D eigenvalue weighted by Crippen LogP contribution is -2.08. The lowest BCUT2D eigenvalue weighted by Gasteiger charge is -2.05. The number of nitrogens with two attached hydrogens (primary N) is 1. The van der Waals surface area contributed by atoms with Gasteiger partial charge in [-0.05, 0) is 25.1 Å². The minimum atomic E-state index is 0.172. The number of anilines is 1. The first-order valence-corrected chi connectivity index (χ1v) is 5.50. The summed E-state index contributed by atoms with van der Waals surface area (Å²) in [7, 11) is 0. The van der Waals surface area contributed by atoms with Crippen molar-refractivity contribution >= 4 is 5.69 Å². The lowest BCUT2D eigenvalue weighted by atomic mass is 10.1. The highest BCUT2D eigenvalue weighted by Crippen LogP contribution is 2.33. The van der Waals surface area contributed by atoms with E-state index in [4.69, 9.17) is 10.3 Å². The summed E-state index contributed by atoms with van der Waals surface area (Å²) < 4.78 is 5.16. The number of nitrogens with zero attached hydrogens (tertiary/aromatic N) is 1. The molecule has 0 aliphatic rings. The van der Waals surface area contributed by atoms with E-state index in [0.717, 1.165) is 18.7 Å². The van der Waals surface area contributed by atoms with Crippen LogP contribution in [-0.2, 0) is 0 Å². The van der Waals surface area contributed by atoms with Crippen LogP contribution in [0.2, 0.25) is 0 Å². The Balaban J connectivity index is 2.22. The highest BCUT2D eigenvalue weighted by molar-refractivity contribution is 5.76. The lowest BCUT2D eigenvalue weighted by molar-refractivity contribution is 0.426. The van der Waals surface area contributed by atoms with Gasteiger partial charge in [0.15, 0.2) is 5.76 Å². The molecule has 5 heteroatoms. The van der Waals surface area contributed by atoms with Gasteiger partial charge in [0.1, 0.15) is 11.4 Å². The molecule has 2 rings (SSSR count). The van der Waals surface area contributed by atoms with E-state index in [0.29, 0.717) is 17.9 Å². The maximum Gasteiger partial charge on any atom is 0.193 e. The van der Waals surface area contributed by atoms with Gasteiger partial charge in [-0.3, -0.25) is 0 Å². The van der Waals surface area contributed by atoms with Gasteiger partial charge in [-0.15, -0.1) is 0 Å². The normalized spacial score (nSPS) is 10.4. The number of para-hydroxylation sites is 1. The van der Waals surface area contributed by atoms with Crippen LogP contribution in [0.1, 0.15) is 6.42 Å². The van der Waals surface area contributed by atoms with E-state index in [-0.39, 0.29) is 5.75 Å². The van der Waals surface area contributed by atoms with Crippen molar-refractivity contribution in [2.45, 2.75) is 6.42 Å². The largest absolute Gasteiger partial charge is 0.507 e. The topological polar surface area (TPSA) is 84.3 Å². The standard InChI is InChI=1S/C12H15N3O2/c13-6-3-7-14-10-8-15-17-12(10)9-4-1-2-5-11(9)16/h1-2,4-5,8,14,16H,3,6-7,13H2. The first-order valence-electron chi connectivity index (χ1n) is 5.50. The van der Waals surface area contributed by atoms with Crippen molar-refractivity contribution < 1.29 is 9.63 Å². The second-order valence-corrected chi connectivity index (χ2v) is 3.65. The predicted molar refractivity (Wildman–Crippen MR) is 65.8 cm³/mol. The van der Waals surface area contributed by atoms with Crippen LogP contribution < -0.4 is 11.1 Å². The van der Waals surface area contributed by atoms with E-state index < -0.39 is 0 Å². The fourth-order valence-electron chi connectivity index (χ4n) is 1.55. The molecular weight excluding hydrogens is 218 g/mol. The smallest absolute Gasteiger partial charge is 0.193 e. The van der Waals surface area contributed by atoms with Crippen LogP contribution >= 0.6 is 0 Å². The van der Waals surface area contributed by atoms with Crippen LogP contribution in [0.3, 0.4) is 0 Å². The molecule has 0 aliphatic heterocycles. The van der Waals surface area contributed by atoms with Gasteiger partial charge in [0.2, 0.25) is 0 Å².